The van der Waals surface area contributed by atoms with Gasteiger partial charge in [-0.25, -0.2) is 4.98 Å². The van der Waals surface area contributed by atoms with Crippen molar-refractivity contribution in [2.75, 3.05) is 16.8 Å². The Morgan fingerprint density at radius 2 is 1.72 bits per heavy atom. The van der Waals surface area contributed by atoms with Gasteiger partial charge in [0.05, 0.1) is 5.52 Å². The Labute approximate surface area is 188 Å². The van der Waals surface area contributed by atoms with E-state index in [1.165, 1.54) is 22.1 Å². The van der Waals surface area contributed by atoms with Crippen molar-refractivity contribution >= 4 is 34.0 Å². The van der Waals surface area contributed by atoms with Gasteiger partial charge in [0.1, 0.15) is 5.82 Å². The van der Waals surface area contributed by atoms with Gasteiger partial charge in [-0.3, -0.25) is 4.79 Å². The van der Waals surface area contributed by atoms with Crippen LogP contribution in [0.2, 0.25) is 0 Å². The van der Waals surface area contributed by atoms with Crippen LogP contribution in [0.1, 0.15) is 46.8 Å². The number of amides is 1. The summed E-state index contributed by atoms with van der Waals surface area (Å²) in [7, 11) is 0. The number of hydrogen-bond acceptors (Lipinski definition) is 3. The van der Waals surface area contributed by atoms with Crippen molar-refractivity contribution in [2.24, 2.45) is 0 Å². The van der Waals surface area contributed by atoms with E-state index >= 15 is 0 Å². The third kappa shape index (κ3) is 3.84. The molecule has 1 aliphatic heterocycles. The first kappa shape index (κ1) is 20.3. The van der Waals surface area contributed by atoms with Gasteiger partial charge >= 0.3 is 0 Å². The maximum Gasteiger partial charge on any atom is 0.255 e. The molecule has 5 rings (SSSR count). The van der Waals surface area contributed by atoms with E-state index in [1.54, 1.807) is 0 Å². The molecule has 0 aliphatic carbocycles. The highest BCUT2D eigenvalue weighted by Gasteiger charge is 2.23. The molecule has 0 unspecified atom stereocenters. The van der Waals surface area contributed by atoms with Crippen LogP contribution in [0.5, 0.6) is 0 Å². The summed E-state index contributed by atoms with van der Waals surface area (Å²) in [4.78, 5) is 19.9. The minimum atomic E-state index is -0.102. The van der Waals surface area contributed by atoms with Gasteiger partial charge in [0.2, 0.25) is 0 Å². The Kier molecular flexibility index (Phi) is 5.14. The number of pyridine rings is 1. The normalized spacial score (nSPS) is 12.9. The number of aromatic nitrogens is 1. The smallest absolute Gasteiger partial charge is 0.255 e. The van der Waals surface area contributed by atoms with Crippen LogP contribution in [0.25, 0.3) is 10.9 Å². The largest absolute Gasteiger partial charge is 0.326 e. The lowest BCUT2D eigenvalue weighted by Crippen LogP contribution is -2.15. The first-order valence-electron chi connectivity index (χ1n) is 11.2. The number of nitrogens with one attached hydrogen (secondary N) is 1. The summed E-state index contributed by atoms with van der Waals surface area (Å²) in [5.74, 6) is 1.39. The zero-order chi connectivity index (χ0) is 22.2. The van der Waals surface area contributed by atoms with Crippen molar-refractivity contribution < 1.29 is 4.79 Å². The SMILES string of the molecule is Cc1ccc2cc3c(nc2c1)N(c1ccc(C(=O)Nc2ccc(C(C)C)cc2)cc1)CC3. The Bertz CT molecular complexity index is 1290. The first-order valence-corrected chi connectivity index (χ1v) is 11.2. The van der Waals surface area contributed by atoms with Crippen LogP contribution in [-0.2, 0) is 6.42 Å². The van der Waals surface area contributed by atoms with Crippen LogP contribution in [0.3, 0.4) is 0 Å². The molecule has 0 spiro atoms. The topological polar surface area (TPSA) is 45.2 Å². The van der Waals surface area contributed by atoms with E-state index in [9.17, 15) is 4.79 Å². The predicted molar refractivity (Wildman–Crippen MR) is 132 cm³/mol. The molecule has 1 aliphatic rings. The van der Waals surface area contributed by atoms with Crippen LogP contribution in [0.4, 0.5) is 17.2 Å². The second-order valence-corrected chi connectivity index (χ2v) is 8.85. The minimum Gasteiger partial charge on any atom is -0.326 e. The fraction of sp³-hybridized carbons (Fsp3) is 0.214. The van der Waals surface area contributed by atoms with Crippen LogP contribution >= 0.6 is 0 Å². The highest BCUT2D eigenvalue weighted by molar-refractivity contribution is 6.04. The van der Waals surface area contributed by atoms with E-state index in [1.807, 2.05) is 36.4 Å². The van der Waals surface area contributed by atoms with Gasteiger partial charge in [0.15, 0.2) is 0 Å². The molecule has 4 heteroatoms. The summed E-state index contributed by atoms with van der Waals surface area (Å²) >= 11 is 0. The van der Waals surface area contributed by atoms with Gasteiger partial charge in [0, 0.05) is 28.9 Å². The van der Waals surface area contributed by atoms with Crippen molar-refractivity contribution in [3.8, 4) is 0 Å². The van der Waals surface area contributed by atoms with Crippen LogP contribution in [0.15, 0.2) is 72.8 Å². The Balaban J connectivity index is 1.35. The molecule has 0 saturated heterocycles. The molecule has 0 radical (unpaired) electrons. The summed E-state index contributed by atoms with van der Waals surface area (Å²) in [6.45, 7) is 7.31. The summed E-state index contributed by atoms with van der Waals surface area (Å²) in [6, 6.07) is 24.5. The highest BCUT2D eigenvalue weighted by Crippen LogP contribution is 2.35. The molecule has 160 valence electrons. The number of fused-ring (bicyclic) bond motifs is 2. The third-order valence-electron chi connectivity index (χ3n) is 6.17. The first-order chi connectivity index (χ1) is 15.5. The quantitative estimate of drug-likeness (QED) is 0.403. The number of hydrogen-bond donors (Lipinski definition) is 1. The molecule has 32 heavy (non-hydrogen) atoms. The van der Waals surface area contributed by atoms with Crippen LogP contribution in [-0.4, -0.2) is 17.4 Å². The van der Waals surface area contributed by atoms with E-state index in [0.717, 1.165) is 35.7 Å². The average Bonchev–Trinajstić information content (AvgIpc) is 3.20. The minimum absolute atomic E-state index is 0.102. The lowest BCUT2D eigenvalue weighted by atomic mass is 10.0. The van der Waals surface area contributed by atoms with Crippen molar-refractivity contribution in [1.29, 1.82) is 0 Å². The fourth-order valence-corrected chi connectivity index (χ4v) is 4.27. The second kappa shape index (κ2) is 8.12. The second-order valence-electron chi connectivity index (χ2n) is 8.85. The molecule has 3 aromatic carbocycles. The number of carbonyl (C=O) groups is 1. The molecule has 4 nitrogen and oxygen atoms in total. The van der Waals surface area contributed by atoms with Gasteiger partial charge in [-0.15, -0.1) is 0 Å². The molecule has 4 aromatic rings. The number of rotatable bonds is 4. The molecule has 0 atom stereocenters. The highest BCUT2D eigenvalue weighted by atomic mass is 16.1. The number of carbonyl (C=O) groups excluding carboxylic acids is 1. The fourth-order valence-electron chi connectivity index (χ4n) is 4.27. The average molecular weight is 422 g/mol. The van der Waals surface area contributed by atoms with Crippen LogP contribution < -0.4 is 10.2 Å². The maximum atomic E-state index is 12.7. The van der Waals surface area contributed by atoms with Crippen molar-refractivity contribution in [2.45, 2.75) is 33.1 Å². The Morgan fingerprint density at radius 1 is 0.969 bits per heavy atom. The summed E-state index contributed by atoms with van der Waals surface area (Å²) in [6.07, 6.45) is 0.973. The standard InChI is InChI=1S/C28H27N3O/c1-18(2)20-6-10-24(11-7-20)29-28(32)21-8-12-25(13-9-21)31-15-14-23-17-22-5-4-19(3)16-26(22)30-27(23)31/h4-13,16-18H,14-15H2,1-3H3,(H,29,32). The van der Waals surface area contributed by atoms with Gasteiger partial charge in [-0.05, 0) is 84.5 Å². The summed E-state index contributed by atoms with van der Waals surface area (Å²) < 4.78 is 0. The zero-order valence-electron chi connectivity index (χ0n) is 18.7. The number of anilines is 3. The number of aryl methyl sites for hydroxylation is 1. The molecular formula is C28H27N3O. The lowest BCUT2D eigenvalue weighted by molar-refractivity contribution is 0.102. The Morgan fingerprint density at radius 3 is 2.44 bits per heavy atom. The van der Waals surface area contributed by atoms with Gasteiger partial charge < -0.3 is 10.2 Å². The number of nitrogens with zero attached hydrogens (tertiary/aromatic N) is 2. The monoisotopic (exact) mass is 421 g/mol. The van der Waals surface area contributed by atoms with Crippen LogP contribution in [0, 0.1) is 6.92 Å². The Hall–Kier alpha value is -3.66. The van der Waals surface area contributed by atoms with Gasteiger partial charge in [-0.1, -0.05) is 38.1 Å². The molecule has 1 amide bonds. The predicted octanol–water partition coefficient (Wildman–Crippen LogP) is 6.61. The van der Waals surface area contributed by atoms with Gasteiger partial charge in [-0.2, -0.15) is 0 Å². The van der Waals surface area contributed by atoms with E-state index in [4.69, 9.17) is 4.98 Å². The molecule has 0 saturated carbocycles. The zero-order valence-corrected chi connectivity index (χ0v) is 18.7. The molecular weight excluding hydrogens is 394 g/mol. The number of benzene rings is 3. The summed E-state index contributed by atoms with van der Waals surface area (Å²) in [5, 5.41) is 4.17. The molecule has 2 heterocycles. The lowest BCUT2D eigenvalue weighted by Gasteiger charge is -2.19. The van der Waals surface area contributed by atoms with Crippen molar-refractivity contribution in [3.05, 3.63) is 95.1 Å². The third-order valence-corrected chi connectivity index (χ3v) is 6.17. The van der Waals surface area contributed by atoms with E-state index < -0.39 is 0 Å². The maximum absolute atomic E-state index is 12.7. The summed E-state index contributed by atoms with van der Waals surface area (Å²) in [5.41, 5.74) is 7.27. The van der Waals surface area contributed by atoms with Crippen molar-refractivity contribution in [3.63, 3.8) is 0 Å². The van der Waals surface area contributed by atoms with Gasteiger partial charge in [0.25, 0.3) is 5.91 Å². The molecule has 1 N–H and O–H groups in total. The molecule has 0 fully saturated rings. The van der Waals surface area contributed by atoms with E-state index in [-0.39, 0.29) is 5.91 Å². The van der Waals surface area contributed by atoms with E-state index in [2.05, 4.69) is 67.4 Å². The van der Waals surface area contributed by atoms with Crippen molar-refractivity contribution in [1.82, 2.24) is 4.98 Å². The molecule has 0 bridgehead atoms. The molecule has 1 aromatic heterocycles. The van der Waals surface area contributed by atoms with E-state index in [0.29, 0.717) is 11.5 Å².